The molecule has 1 atom stereocenters. The molecule has 2 aromatic rings. The number of halogens is 1. The van der Waals surface area contributed by atoms with Crippen LogP contribution in [0.4, 0.5) is 4.39 Å². The summed E-state index contributed by atoms with van der Waals surface area (Å²) >= 11 is 0. The molecule has 1 unspecified atom stereocenters. The largest absolute Gasteiger partial charge is 0.494 e. The fraction of sp³-hybridized carbons (Fsp3) is 0.214. The minimum atomic E-state index is -0.454. The monoisotopic (exact) mass is 263 g/mol. The van der Waals surface area contributed by atoms with Crippen molar-refractivity contribution in [2.24, 2.45) is 0 Å². The first kappa shape index (κ1) is 13.1. The number of benzene rings is 1. The second-order valence-electron chi connectivity index (χ2n) is 4.10. The van der Waals surface area contributed by atoms with Crippen LogP contribution in [0.5, 0.6) is 5.75 Å². The number of furan rings is 1. The Hall–Kier alpha value is -2.30. The topological polar surface area (TPSA) is 51.5 Å². The molecule has 4 nitrogen and oxygen atoms in total. The lowest BCUT2D eigenvalue weighted by Gasteiger charge is -2.14. The normalized spacial score (nSPS) is 11.9. The van der Waals surface area contributed by atoms with Gasteiger partial charge in [0.1, 0.15) is 6.26 Å². The summed E-state index contributed by atoms with van der Waals surface area (Å²) in [7, 11) is 1.40. The van der Waals surface area contributed by atoms with Gasteiger partial charge in [0.15, 0.2) is 11.6 Å². The van der Waals surface area contributed by atoms with Gasteiger partial charge in [0.05, 0.1) is 25.0 Å². The molecule has 1 amide bonds. The first-order chi connectivity index (χ1) is 9.11. The summed E-state index contributed by atoms with van der Waals surface area (Å²) in [6.45, 7) is 1.78. The predicted molar refractivity (Wildman–Crippen MR) is 67.5 cm³/mol. The Balaban J connectivity index is 2.09. The number of carbonyl (C=O) groups excluding carboxylic acids is 1. The van der Waals surface area contributed by atoms with Crippen molar-refractivity contribution in [1.29, 1.82) is 0 Å². The van der Waals surface area contributed by atoms with Gasteiger partial charge in [0.2, 0.25) is 0 Å². The van der Waals surface area contributed by atoms with Crippen molar-refractivity contribution < 1.29 is 18.3 Å². The molecular formula is C14H14FNO3. The van der Waals surface area contributed by atoms with E-state index >= 15 is 0 Å². The second-order valence-corrected chi connectivity index (χ2v) is 4.10. The lowest BCUT2D eigenvalue weighted by molar-refractivity contribution is 0.0939. The molecule has 0 radical (unpaired) electrons. The van der Waals surface area contributed by atoms with Crippen LogP contribution in [-0.4, -0.2) is 13.0 Å². The molecule has 100 valence electrons. The Kier molecular flexibility index (Phi) is 3.85. The molecule has 0 saturated carbocycles. The first-order valence-electron chi connectivity index (χ1n) is 5.78. The minimum Gasteiger partial charge on any atom is -0.494 e. The maximum absolute atomic E-state index is 13.6. The molecule has 0 fully saturated rings. The number of hydrogen-bond donors (Lipinski definition) is 1. The summed E-state index contributed by atoms with van der Waals surface area (Å²) in [5, 5.41) is 2.76. The first-order valence-corrected chi connectivity index (χ1v) is 5.78. The van der Waals surface area contributed by atoms with E-state index in [1.807, 2.05) is 0 Å². The third-order valence-corrected chi connectivity index (χ3v) is 2.81. The van der Waals surface area contributed by atoms with Crippen molar-refractivity contribution in [2.75, 3.05) is 7.11 Å². The molecule has 1 heterocycles. The fourth-order valence-corrected chi connectivity index (χ4v) is 1.71. The smallest absolute Gasteiger partial charge is 0.255 e. The molecule has 0 bridgehead atoms. The number of amides is 1. The van der Waals surface area contributed by atoms with E-state index in [0.717, 1.165) is 0 Å². The van der Waals surface area contributed by atoms with Crippen molar-refractivity contribution in [1.82, 2.24) is 5.32 Å². The highest BCUT2D eigenvalue weighted by atomic mass is 19.1. The van der Waals surface area contributed by atoms with Gasteiger partial charge in [-0.2, -0.15) is 0 Å². The van der Waals surface area contributed by atoms with Crippen LogP contribution in [0.3, 0.4) is 0 Å². The molecule has 1 aromatic heterocycles. The number of ether oxygens (including phenoxy) is 1. The summed E-state index contributed by atoms with van der Waals surface area (Å²) in [5.74, 6) is -0.543. The number of hydrogen-bond acceptors (Lipinski definition) is 3. The van der Waals surface area contributed by atoms with Gasteiger partial charge in [-0.25, -0.2) is 4.39 Å². The molecular weight excluding hydrogens is 249 g/mol. The average Bonchev–Trinajstić information content (AvgIpc) is 2.92. The van der Waals surface area contributed by atoms with Gasteiger partial charge in [-0.05, 0) is 30.7 Å². The van der Waals surface area contributed by atoms with Crippen LogP contribution in [0.1, 0.15) is 28.9 Å². The summed E-state index contributed by atoms with van der Waals surface area (Å²) in [6, 6.07) is 5.84. The second kappa shape index (κ2) is 5.56. The molecule has 0 aliphatic carbocycles. The van der Waals surface area contributed by atoms with Crippen LogP contribution in [0.2, 0.25) is 0 Å². The molecule has 2 rings (SSSR count). The molecule has 19 heavy (non-hydrogen) atoms. The zero-order chi connectivity index (χ0) is 13.8. The number of nitrogens with one attached hydrogen (secondary N) is 1. The van der Waals surface area contributed by atoms with Crippen LogP contribution in [0, 0.1) is 5.82 Å². The zero-order valence-corrected chi connectivity index (χ0v) is 10.6. The third kappa shape index (κ3) is 2.93. The lowest BCUT2D eigenvalue weighted by Crippen LogP contribution is -2.26. The van der Waals surface area contributed by atoms with Crippen molar-refractivity contribution in [3.63, 3.8) is 0 Å². The molecule has 1 aromatic carbocycles. The van der Waals surface area contributed by atoms with Crippen LogP contribution in [0.15, 0.2) is 41.2 Å². The van der Waals surface area contributed by atoms with Crippen LogP contribution >= 0.6 is 0 Å². The van der Waals surface area contributed by atoms with E-state index in [1.54, 1.807) is 19.1 Å². The van der Waals surface area contributed by atoms with E-state index in [2.05, 4.69) is 5.32 Å². The minimum absolute atomic E-state index is 0.178. The van der Waals surface area contributed by atoms with E-state index in [4.69, 9.17) is 9.15 Å². The van der Waals surface area contributed by atoms with E-state index in [9.17, 15) is 9.18 Å². The van der Waals surface area contributed by atoms with E-state index in [-0.39, 0.29) is 17.7 Å². The predicted octanol–water partition coefficient (Wildman–Crippen LogP) is 2.92. The van der Waals surface area contributed by atoms with Crippen LogP contribution in [-0.2, 0) is 0 Å². The maximum Gasteiger partial charge on any atom is 0.255 e. The average molecular weight is 263 g/mol. The van der Waals surface area contributed by atoms with Crippen molar-refractivity contribution in [3.05, 3.63) is 53.7 Å². The van der Waals surface area contributed by atoms with Gasteiger partial charge < -0.3 is 14.5 Å². The molecule has 0 saturated heterocycles. The van der Waals surface area contributed by atoms with Gasteiger partial charge >= 0.3 is 0 Å². The molecule has 0 aliphatic heterocycles. The molecule has 0 aliphatic rings. The number of methoxy groups -OCH3 is 1. The standard InChI is InChI=1S/C14H14FNO3/c1-9(16-14(17)11-5-6-19-8-11)10-3-4-13(18-2)12(15)7-10/h3-9H,1-2H3,(H,16,17). The third-order valence-electron chi connectivity index (χ3n) is 2.81. The SMILES string of the molecule is COc1ccc(C(C)NC(=O)c2ccoc2)cc1F. The van der Waals surface area contributed by atoms with Gasteiger partial charge in [0, 0.05) is 0 Å². The highest BCUT2D eigenvalue weighted by Crippen LogP contribution is 2.21. The van der Waals surface area contributed by atoms with Gasteiger partial charge in [-0.1, -0.05) is 6.07 Å². The lowest BCUT2D eigenvalue weighted by atomic mass is 10.1. The van der Waals surface area contributed by atoms with Crippen molar-refractivity contribution in [2.45, 2.75) is 13.0 Å². The van der Waals surface area contributed by atoms with E-state index < -0.39 is 5.82 Å². The van der Waals surface area contributed by atoms with Crippen molar-refractivity contribution >= 4 is 5.91 Å². The number of carbonyl (C=O) groups is 1. The van der Waals surface area contributed by atoms with Crippen molar-refractivity contribution in [3.8, 4) is 5.75 Å². The summed E-state index contributed by atoms with van der Waals surface area (Å²) in [5.41, 5.74) is 1.09. The van der Waals surface area contributed by atoms with Crippen LogP contribution < -0.4 is 10.1 Å². The Morgan fingerprint density at radius 2 is 2.21 bits per heavy atom. The quantitative estimate of drug-likeness (QED) is 0.922. The number of rotatable bonds is 4. The van der Waals surface area contributed by atoms with Gasteiger partial charge in [-0.3, -0.25) is 4.79 Å². The fourth-order valence-electron chi connectivity index (χ4n) is 1.71. The van der Waals surface area contributed by atoms with E-state index in [0.29, 0.717) is 11.1 Å². The molecule has 1 N–H and O–H groups in total. The Morgan fingerprint density at radius 1 is 1.42 bits per heavy atom. The van der Waals surface area contributed by atoms with Gasteiger partial charge in [-0.15, -0.1) is 0 Å². The van der Waals surface area contributed by atoms with E-state index in [1.165, 1.54) is 31.8 Å². The van der Waals surface area contributed by atoms with Gasteiger partial charge in [0.25, 0.3) is 5.91 Å². The zero-order valence-electron chi connectivity index (χ0n) is 10.6. The summed E-state index contributed by atoms with van der Waals surface area (Å²) < 4.78 is 23.2. The summed E-state index contributed by atoms with van der Waals surface area (Å²) in [6.07, 6.45) is 2.78. The Labute approximate surface area is 110 Å². The van der Waals surface area contributed by atoms with Crippen LogP contribution in [0.25, 0.3) is 0 Å². The summed E-state index contributed by atoms with van der Waals surface area (Å²) in [4.78, 5) is 11.8. The Bertz CT molecular complexity index is 566. The maximum atomic E-state index is 13.6. The molecule has 5 heteroatoms. The molecule has 0 spiro atoms. The Morgan fingerprint density at radius 3 is 2.79 bits per heavy atom. The highest BCUT2D eigenvalue weighted by Gasteiger charge is 2.14. The highest BCUT2D eigenvalue weighted by molar-refractivity contribution is 5.94.